The zero-order chi connectivity index (χ0) is 29.2. The molecule has 2 aromatic rings. The molecule has 0 aliphatic carbocycles. The molecule has 0 bridgehead atoms. The number of rotatable bonds is 5. The molecule has 0 atom stereocenters. The maximum atomic E-state index is 13.4. The maximum Gasteiger partial charge on any atom is 0.416 e. The van der Waals surface area contributed by atoms with Gasteiger partial charge in [-0.25, -0.2) is 0 Å². The highest BCUT2D eigenvalue weighted by Gasteiger charge is 2.38. The summed E-state index contributed by atoms with van der Waals surface area (Å²) >= 11 is 4.98. The van der Waals surface area contributed by atoms with Gasteiger partial charge in [0.05, 0.1) is 23.1 Å². The van der Waals surface area contributed by atoms with E-state index in [1.165, 1.54) is 31.0 Å². The van der Waals surface area contributed by atoms with Gasteiger partial charge >= 0.3 is 12.4 Å². The van der Waals surface area contributed by atoms with Gasteiger partial charge in [0.15, 0.2) is 16.7 Å². The number of carbonyl (C=O) groups excluding carboxylic acids is 2. The molecule has 0 aromatic heterocycles. The van der Waals surface area contributed by atoms with E-state index in [2.05, 4.69) is 17.6 Å². The van der Waals surface area contributed by atoms with E-state index < -0.39 is 41.6 Å². The number of thioether (sulfide) groups is 1. The lowest BCUT2D eigenvalue weighted by molar-refractivity contribution is -0.143. The topological polar surface area (TPSA) is 71.4 Å². The molecule has 2 aliphatic rings. The van der Waals surface area contributed by atoms with Crippen LogP contribution in [-0.4, -0.2) is 59.4 Å². The summed E-state index contributed by atoms with van der Waals surface area (Å²) in [5, 5.41) is 0.185. The smallest absolute Gasteiger partial charge is 0.416 e. The minimum Gasteiger partial charge on any atom is -0.493 e. The molecule has 1 fully saturated rings. The molecular weight excluding hydrogens is 584 g/mol. The molecule has 2 heterocycles. The van der Waals surface area contributed by atoms with Gasteiger partial charge in [-0.2, -0.15) is 31.3 Å². The number of piperazine rings is 1. The van der Waals surface area contributed by atoms with Crippen LogP contribution in [-0.2, 0) is 23.8 Å². The number of ether oxygens (including phenoxy) is 2. The van der Waals surface area contributed by atoms with Gasteiger partial charge in [-0.3, -0.25) is 9.59 Å². The first kappa shape index (κ1) is 29.6. The van der Waals surface area contributed by atoms with Crippen molar-refractivity contribution in [3.05, 3.63) is 63.6 Å². The fraction of sp³-hybridized carbons (Fsp3) is 0.320. The summed E-state index contributed by atoms with van der Waals surface area (Å²) in [6.45, 7) is 1.22. The predicted octanol–water partition coefficient (Wildman–Crippen LogP) is 5.95. The zero-order valence-electron chi connectivity index (χ0n) is 20.7. The Balaban J connectivity index is 1.46. The number of amides is 2. The summed E-state index contributed by atoms with van der Waals surface area (Å²) in [5.74, 6) is -0.260. The minimum absolute atomic E-state index is 0.0524. The van der Waals surface area contributed by atoms with E-state index in [1.807, 2.05) is 4.90 Å². The van der Waals surface area contributed by atoms with Crippen molar-refractivity contribution in [1.82, 2.24) is 9.80 Å². The van der Waals surface area contributed by atoms with Crippen molar-refractivity contribution in [2.24, 2.45) is 4.99 Å². The van der Waals surface area contributed by atoms with Gasteiger partial charge in [0.2, 0.25) is 0 Å². The highest BCUT2D eigenvalue weighted by Crippen LogP contribution is 2.39. The molecule has 4 rings (SSSR count). The van der Waals surface area contributed by atoms with E-state index in [4.69, 9.17) is 9.47 Å². The number of aliphatic imine (C=N–C) groups is 1. The summed E-state index contributed by atoms with van der Waals surface area (Å²) in [7, 11) is 1.31. The van der Waals surface area contributed by atoms with Crippen LogP contribution in [0.1, 0.15) is 22.3 Å². The molecule has 0 radical (unpaired) electrons. The van der Waals surface area contributed by atoms with Gasteiger partial charge in [-0.1, -0.05) is 24.8 Å². The molecule has 2 aliphatic heterocycles. The fourth-order valence-corrected chi connectivity index (χ4v) is 5.13. The SMILES string of the molecule is COc1cc(C=C2SC(N3CCN(C(=O)S)CC3)=NC2=O)ccc1OCc1ccc(C(F)(F)F)cc1C(F)(F)F. The van der Waals surface area contributed by atoms with Crippen LogP contribution in [0.4, 0.5) is 31.1 Å². The molecular formula is C25H21F6N3O4S2. The standard InChI is InChI=1S/C25H21F6N3O4S2/c1-37-19-10-14(11-20-21(35)32-22(40-20)33-6-8-34(9-7-33)23(36)39)2-5-18(19)38-13-15-3-4-16(24(26,27)28)12-17(15)25(29,30)31/h2-5,10-12H,6-9,13H2,1H3,(H,36,39). The second-order valence-corrected chi connectivity index (χ2v) is 10.0. The molecule has 2 amide bonds. The van der Waals surface area contributed by atoms with Gasteiger partial charge in [-0.05, 0) is 47.7 Å². The number of thiol groups is 1. The fourth-order valence-electron chi connectivity index (χ4n) is 3.96. The quantitative estimate of drug-likeness (QED) is 0.258. The van der Waals surface area contributed by atoms with Gasteiger partial charge < -0.3 is 19.3 Å². The molecule has 0 N–H and O–H groups in total. The highest BCUT2D eigenvalue weighted by atomic mass is 32.2. The van der Waals surface area contributed by atoms with E-state index in [-0.39, 0.29) is 22.8 Å². The van der Waals surface area contributed by atoms with Crippen LogP contribution in [0.3, 0.4) is 0 Å². The van der Waals surface area contributed by atoms with Crippen molar-refractivity contribution in [1.29, 1.82) is 0 Å². The van der Waals surface area contributed by atoms with E-state index in [0.29, 0.717) is 47.9 Å². The molecule has 0 spiro atoms. The Bertz CT molecular complexity index is 1370. The van der Waals surface area contributed by atoms with Crippen molar-refractivity contribution in [3.63, 3.8) is 0 Å². The predicted molar refractivity (Wildman–Crippen MR) is 139 cm³/mol. The molecule has 40 heavy (non-hydrogen) atoms. The van der Waals surface area contributed by atoms with Gasteiger partial charge in [-0.15, -0.1) is 0 Å². The van der Waals surface area contributed by atoms with E-state index in [9.17, 15) is 35.9 Å². The molecule has 0 unspecified atom stereocenters. The van der Waals surface area contributed by atoms with Crippen LogP contribution < -0.4 is 9.47 Å². The third kappa shape index (κ3) is 6.86. The van der Waals surface area contributed by atoms with Crippen LogP contribution in [0.15, 0.2) is 46.3 Å². The molecule has 1 saturated heterocycles. The van der Waals surface area contributed by atoms with E-state index >= 15 is 0 Å². The normalized spacial score (nSPS) is 17.4. The number of amidine groups is 1. The maximum absolute atomic E-state index is 13.4. The Morgan fingerprint density at radius 3 is 2.33 bits per heavy atom. The number of hydrogen-bond acceptors (Lipinski definition) is 6. The number of nitrogens with zero attached hydrogens (tertiary/aromatic N) is 3. The number of halogens is 6. The second kappa shape index (κ2) is 11.6. The Labute approximate surface area is 234 Å². The third-order valence-corrected chi connectivity index (χ3v) is 7.37. The van der Waals surface area contributed by atoms with Gasteiger partial charge in [0, 0.05) is 31.7 Å². The Morgan fingerprint density at radius 1 is 1.02 bits per heavy atom. The molecule has 7 nitrogen and oxygen atoms in total. The lowest BCUT2D eigenvalue weighted by Crippen LogP contribution is -2.48. The number of benzene rings is 2. The van der Waals surface area contributed by atoms with Crippen molar-refractivity contribution in [2.75, 3.05) is 33.3 Å². The van der Waals surface area contributed by atoms with Gasteiger partial charge in [0.25, 0.3) is 11.1 Å². The Hall–Kier alpha value is -3.33. The van der Waals surface area contributed by atoms with Crippen molar-refractivity contribution in [2.45, 2.75) is 19.0 Å². The average Bonchev–Trinajstić information content (AvgIpc) is 3.26. The zero-order valence-corrected chi connectivity index (χ0v) is 22.4. The first-order valence-corrected chi connectivity index (χ1v) is 12.9. The van der Waals surface area contributed by atoms with Crippen LogP contribution >= 0.6 is 24.4 Å². The van der Waals surface area contributed by atoms with Crippen LogP contribution in [0, 0.1) is 0 Å². The average molecular weight is 606 g/mol. The largest absolute Gasteiger partial charge is 0.493 e. The number of carbonyl (C=O) groups is 2. The molecule has 2 aromatic carbocycles. The Kier molecular flexibility index (Phi) is 8.63. The van der Waals surface area contributed by atoms with Crippen LogP contribution in [0.2, 0.25) is 0 Å². The van der Waals surface area contributed by atoms with Crippen LogP contribution in [0.5, 0.6) is 11.5 Å². The lowest BCUT2D eigenvalue weighted by atomic mass is 10.0. The third-order valence-electron chi connectivity index (χ3n) is 6.04. The molecule has 0 saturated carbocycles. The first-order chi connectivity index (χ1) is 18.8. The molecule has 15 heteroatoms. The summed E-state index contributed by atoms with van der Waals surface area (Å²) in [5.41, 5.74) is -2.83. The van der Waals surface area contributed by atoms with Crippen LogP contribution in [0.25, 0.3) is 6.08 Å². The summed E-state index contributed by atoms with van der Waals surface area (Å²) in [4.78, 5) is 31.8. The summed E-state index contributed by atoms with van der Waals surface area (Å²) < 4.78 is 89.9. The van der Waals surface area contributed by atoms with E-state index in [0.717, 1.165) is 6.07 Å². The lowest BCUT2D eigenvalue weighted by Gasteiger charge is -2.34. The van der Waals surface area contributed by atoms with Crippen molar-refractivity contribution < 1.29 is 45.4 Å². The summed E-state index contributed by atoms with van der Waals surface area (Å²) in [6.07, 6.45) is -8.38. The number of methoxy groups -OCH3 is 1. The monoisotopic (exact) mass is 605 g/mol. The van der Waals surface area contributed by atoms with Gasteiger partial charge in [0.1, 0.15) is 6.61 Å². The van der Waals surface area contributed by atoms with E-state index in [1.54, 1.807) is 17.0 Å². The second-order valence-electron chi connectivity index (χ2n) is 8.63. The minimum atomic E-state index is -5.02. The van der Waals surface area contributed by atoms with Crippen molar-refractivity contribution in [3.8, 4) is 11.5 Å². The first-order valence-electron chi connectivity index (χ1n) is 11.6. The summed E-state index contributed by atoms with van der Waals surface area (Å²) in [6, 6.07) is 5.81. The number of alkyl halides is 6. The number of hydrogen-bond donors (Lipinski definition) is 1. The highest BCUT2D eigenvalue weighted by molar-refractivity contribution is 8.18. The molecule has 214 valence electrons. The Morgan fingerprint density at radius 2 is 1.73 bits per heavy atom. The van der Waals surface area contributed by atoms with Crippen molar-refractivity contribution >= 4 is 46.8 Å².